The molecule has 2 aliphatic rings. The Morgan fingerprint density at radius 3 is 2.53 bits per heavy atom. The second-order valence-corrected chi connectivity index (χ2v) is 10.1. The van der Waals surface area contributed by atoms with Crippen LogP contribution < -0.4 is 10.0 Å². The third kappa shape index (κ3) is 3.38. The van der Waals surface area contributed by atoms with E-state index in [0.717, 1.165) is 11.1 Å². The maximum Gasteiger partial charge on any atom is 0.265 e. The van der Waals surface area contributed by atoms with E-state index < -0.39 is 15.9 Å². The maximum absolute atomic E-state index is 14.2. The Morgan fingerprint density at radius 1 is 1.09 bits per heavy atom. The molecule has 1 atom stereocenters. The van der Waals surface area contributed by atoms with Crippen molar-refractivity contribution in [3.05, 3.63) is 111 Å². The van der Waals surface area contributed by atoms with Gasteiger partial charge in [0.25, 0.3) is 10.0 Å². The van der Waals surface area contributed by atoms with Gasteiger partial charge in [0.05, 0.1) is 18.2 Å². The van der Waals surface area contributed by atoms with Crippen molar-refractivity contribution in [2.45, 2.75) is 19.4 Å². The zero-order valence-corrected chi connectivity index (χ0v) is 19.1. The summed E-state index contributed by atoms with van der Waals surface area (Å²) >= 11 is 0. The van der Waals surface area contributed by atoms with Crippen LogP contribution in [0.5, 0.6) is 5.75 Å². The second-order valence-electron chi connectivity index (χ2n) is 8.23. The number of phenolic OH excluding ortho intramolecular Hbond substituents is 1. The van der Waals surface area contributed by atoms with E-state index in [2.05, 4.69) is 0 Å². The van der Waals surface area contributed by atoms with Crippen molar-refractivity contribution in [1.29, 1.82) is 5.26 Å². The fraction of sp³-hybridized carbons (Fsp3) is 0.115. The van der Waals surface area contributed by atoms with Gasteiger partial charge in [-0.1, -0.05) is 54.1 Å². The van der Waals surface area contributed by atoms with Crippen LogP contribution in [0.4, 0.5) is 5.69 Å². The number of benzene rings is 3. The third-order valence-electron chi connectivity index (χ3n) is 5.99. The molecule has 7 nitrogen and oxygen atoms in total. The topological polar surface area (TPSA) is 117 Å². The van der Waals surface area contributed by atoms with E-state index in [4.69, 9.17) is 10.5 Å². The van der Waals surface area contributed by atoms with Crippen LogP contribution in [-0.4, -0.2) is 13.5 Å². The molecule has 8 heteroatoms. The van der Waals surface area contributed by atoms with Crippen molar-refractivity contribution in [1.82, 2.24) is 0 Å². The zero-order valence-electron chi connectivity index (χ0n) is 18.3. The number of anilines is 1. The minimum atomic E-state index is -4.14. The van der Waals surface area contributed by atoms with Crippen molar-refractivity contribution >= 4 is 21.5 Å². The highest BCUT2D eigenvalue weighted by Gasteiger charge is 2.47. The molecule has 0 fully saturated rings. The number of hydrogen-bond acceptors (Lipinski definition) is 6. The molecular formula is C26H21N3O4S. The second kappa shape index (κ2) is 7.97. The van der Waals surface area contributed by atoms with Crippen LogP contribution in [-0.2, 0) is 21.3 Å². The lowest BCUT2D eigenvalue weighted by molar-refractivity contribution is 0.357. The van der Waals surface area contributed by atoms with E-state index in [9.17, 15) is 18.8 Å². The summed E-state index contributed by atoms with van der Waals surface area (Å²) in [5.41, 5.74) is 9.52. The number of allylic oxidation sites excluding steroid dienone is 2. The molecule has 0 radical (unpaired) electrons. The van der Waals surface area contributed by atoms with Crippen LogP contribution in [0.3, 0.4) is 0 Å². The highest BCUT2D eigenvalue weighted by molar-refractivity contribution is 7.96. The molecular weight excluding hydrogens is 450 g/mol. The number of fused-ring (bicyclic) bond motifs is 2. The Hall–Kier alpha value is -4.22. The predicted octanol–water partition coefficient (Wildman–Crippen LogP) is 4.23. The SMILES string of the molecule is Cc1cccc(CN2c3ccccc3C3=C([C@H](c4ccc(O)cc4)C(C#N)=C(N)O3)S2(=O)=O)c1. The normalized spacial score (nSPS) is 18.6. The summed E-state index contributed by atoms with van der Waals surface area (Å²) in [6.45, 7) is 2.06. The Morgan fingerprint density at radius 2 is 1.82 bits per heavy atom. The Bertz CT molecular complexity index is 1520. The van der Waals surface area contributed by atoms with Gasteiger partial charge in [-0.25, -0.2) is 8.42 Å². The molecule has 0 bridgehead atoms. The van der Waals surface area contributed by atoms with Gasteiger partial charge < -0.3 is 15.6 Å². The molecule has 0 saturated carbocycles. The Balaban J connectivity index is 1.76. The fourth-order valence-corrected chi connectivity index (χ4v) is 6.37. The van der Waals surface area contributed by atoms with Gasteiger partial charge in [-0.05, 0) is 42.3 Å². The minimum absolute atomic E-state index is 0.00269. The van der Waals surface area contributed by atoms with Crippen LogP contribution in [0, 0.1) is 18.3 Å². The number of rotatable bonds is 3. The monoisotopic (exact) mass is 471 g/mol. The van der Waals surface area contributed by atoms with Crippen molar-refractivity contribution in [3.63, 3.8) is 0 Å². The Kier molecular flexibility index (Phi) is 5.07. The predicted molar refractivity (Wildman–Crippen MR) is 128 cm³/mol. The number of nitriles is 1. The summed E-state index contributed by atoms with van der Waals surface area (Å²) in [5.74, 6) is -0.978. The zero-order chi connectivity index (χ0) is 24.0. The van der Waals surface area contributed by atoms with Gasteiger partial charge in [-0.15, -0.1) is 0 Å². The molecule has 3 aromatic carbocycles. The molecule has 0 unspecified atom stereocenters. The maximum atomic E-state index is 14.2. The first-order valence-corrected chi connectivity index (χ1v) is 12.0. The van der Waals surface area contributed by atoms with Gasteiger partial charge in [0.1, 0.15) is 22.3 Å². The molecule has 0 aromatic heterocycles. The van der Waals surface area contributed by atoms with Crippen molar-refractivity contribution < 1.29 is 18.3 Å². The van der Waals surface area contributed by atoms with Gasteiger partial charge in [0.2, 0.25) is 5.88 Å². The molecule has 3 N–H and O–H groups in total. The summed E-state index contributed by atoms with van der Waals surface area (Å²) in [6.07, 6.45) is 0. The standard InChI is InChI=1S/C26H21N3O4S/c1-16-5-4-6-17(13-16)15-29-22-8-3-2-7-20(22)24-25(34(29,31)32)23(21(14-27)26(28)33-24)18-9-11-19(30)12-10-18/h2-13,23,30H,15,28H2,1H3/t23-/m1/s1. The van der Waals surface area contributed by atoms with Crippen LogP contribution in [0.1, 0.15) is 28.2 Å². The molecule has 5 rings (SSSR count). The summed E-state index contributed by atoms with van der Waals surface area (Å²) in [4.78, 5) is -0.0460. The van der Waals surface area contributed by atoms with Gasteiger partial charge in [-0.2, -0.15) is 5.26 Å². The number of sulfonamides is 1. The molecule has 2 heterocycles. The molecule has 0 spiro atoms. The summed E-state index contributed by atoms with van der Waals surface area (Å²) in [5, 5.41) is 19.6. The first kappa shape index (κ1) is 21.6. The number of nitrogens with zero attached hydrogens (tertiary/aromatic N) is 2. The largest absolute Gasteiger partial charge is 0.508 e. The van der Waals surface area contributed by atoms with Gasteiger partial charge >= 0.3 is 0 Å². The van der Waals surface area contributed by atoms with Crippen molar-refractivity contribution in [2.75, 3.05) is 4.31 Å². The van der Waals surface area contributed by atoms with Crippen LogP contribution in [0.15, 0.2) is 89.2 Å². The van der Waals surface area contributed by atoms with Gasteiger partial charge in [0, 0.05) is 5.56 Å². The number of hydrogen-bond donors (Lipinski definition) is 2. The lowest BCUT2D eigenvalue weighted by atomic mass is 9.88. The first-order chi connectivity index (χ1) is 16.3. The van der Waals surface area contributed by atoms with E-state index >= 15 is 0 Å². The smallest absolute Gasteiger partial charge is 0.265 e. The molecule has 0 saturated heterocycles. The Labute approximate surface area is 197 Å². The minimum Gasteiger partial charge on any atom is -0.508 e. The molecule has 170 valence electrons. The number of phenols is 1. The fourth-order valence-electron chi connectivity index (χ4n) is 4.46. The number of nitrogens with two attached hydrogens (primary N) is 1. The number of para-hydroxylation sites is 1. The van der Waals surface area contributed by atoms with E-state index in [1.165, 1.54) is 16.4 Å². The van der Waals surface area contributed by atoms with Gasteiger partial charge in [0.15, 0.2) is 5.76 Å². The molecule has 0 amide bonds. The first-order valence-electron chi connectivity index (χ1n) is 10.6. The summed E-state index contributed by atoms with van der Waals surface area (Å²) in [6, 6.07) is 22.8. The molecule has 3 aromatic rings. The average Bonchev–Trinajstić information content (AvgIpc) is 2.81. The van der Waals surface area contributed by atoms with Crippen LogP contribution in [0.2, 0.25) is 0 Å². The number of ether oxygens (including phenoxy) is 1. The van der Waals surface area contributed by atoms with E-state index in [0.29, 0.717) is 16.8 Å². The third-order valence-corrected chi connectivity index (χ3v) is 7.88. The number of aryl methyl sites for hydroxylation is 1. The van der Waals surface area contributed by atoms with Gasteiger partial charge in [-0.3, -0.25) is 4.31 Å². The summed E-state index contributed by atoms with van der Waals surface area (Å²) < 4.78 is 35.5. The molecule has 2 aliphatic heterocycles. The van der Waals surface area contributed by atoms with Crippen molar-refractivity contribution in [3.8, 4) is 11.8 Å². The van der Waals surface area contributed by atoms with E-state index in [-0.39, 0.29) is 34.4 Å². The lowest BCUT2D eigenvalue weighted by Gasteiger charge is -2.38. The highest BCUT2D eigenvalue weighted by Crippen LogP contribution is 2.51. The van der Waals surface area contributed by atoms with E-state index in [1.807, 2.05) is 37.3 Å². The summed E-state index contributed by atoms with van der Waals surface area (Å²) in [7, 11) is -4.14. The number of aromatic hydroxyl groups is 1. The molecule has 0 aliphatic carbocycles. The highest BCUT2D eigenvalue weighted by atomic mass is 32.2. The van der Waals surface area contributed by atoms with Crippen molar-refractivity contribution in [2.24, 2.45) is 5.73 Å². The van der Waals surface area contributed by atoms with E-state index in [1.54, 1.807) is 36.4 Å². The average molecular weight is 472 g/mol. The van der Waals surface area contributed by atoms with Crippen LogP contribution in [0.25, 0.3) is 5.76 Å². The quantitative estimate of drug-likeness (QED) is 0.591. The van der Waals surface area contributed by atoms with Crippen LogP contribution >= 0.6 is 0 Å². The molecule has 34 heavy (non-hydrogen) atoms. The lowest BCUT2D eigenvalue weighted by Crippen LogP contribution is -2.39.